The second-order valence-electron chi connectivity index (χ2n) is 17.0. The molecule has 0 saturated heterocycles. The highest BCUT2D eigenvalue weighted by Gasteiger charge is 2.46. The number of hydrogen-bond acceptors (Lipinski definition) is 3. The van der Waals surface area contributed by atoms with Crippen LogP contribution in [-0.4, -0.2) is 4.98 Å². The number of rotatable bonds is 7. The maximum atomic E-state index is 6.32. The molecule has 0 spiro atoms. The Hall–Kier alpha value is -8.53. The predicted octanol–water partition coefficient (Wildman–Crippen LogP) is 16.5. The Balaban J connectivity index is 0.913. The van der Waals surface area contributed by atoms with Crippen molar-refractivity contribution >= 4 is 60.7 Å². The van der Waals surface area contributed by atoms with Crippen LogP contribution in [0.4, 0.5) is 17.1 Å². The number of para-hydroxylation sites is 3. The van der Waals surface area contributed by atoms with Crippen molar-refractivity contribution in [3.8, 4) is 33.5 Å². The molecule has 0 amide bonds. The predicted molar refractivity (Wildman–Crippen MR) is 269 cm³/mol. The molecule has 0 aliphatic heterocycles. The molecular formula is C62H40N2O. The van der Waals surface area contributed by atoms with Gasteiger partial charge in [-0.25, -0.2) is 4.98 Å². The molecule has 1 aliphatic carbocycles. The van der Waals surface area contributed by atoms with Gasteiger partial charge in [0.05, 0.1) is 16.6 Å². The van der Waals surface area contributed by atoms with Crippen LogP contribution in [0.2, 0.25) is 0 Å². The molecule has 0 atom stereocenters. The zero-order valence-corrected chi connectivity index (χ0v) is 35.4. The van der Waals surface area contributed by atoms with E-state index in [-0.39, 0.29) is 0 Å². The highest BCUT2D eigenvalue weighted by molar-refractivity contribution is 6.13. The second kappa shape index (κ2) is 14.8. The fourth-order valence-corrected chi connectivity index (χ4v) is 10.6. The van der Waals surface area contributed by atoms with E-state index in [0.717, 1.165) is 77.7 Å². The molecule has 3 nitrogen and oxygen atoms in total. The Labute approximate surface area is 377 Å². The number of aromatic nitrogens is 1. The fraction of sp³-hybridized carbons (Fsp3) is 0.0161. The first-order valence-electron chi connectivity index (χ1n) is 22.3. The van der Waals surface area contributed by atoms with Gasteiger partial charge in [-0.15, -0.1) is 0 Å². The summed E-state index contributed by atoms with van der Waals surface area (Å²) in [5.74, 6) is 0. The zero-order chi connectivity index (χ0) is 42.9. The monoisotopic (exact) mass is 828 g/mol. The summed E-state index contributed by atoms with van der Waals surface area (Å²) in [7, 11) is 0. The first-order chi connectivity index (χ1) is 32.2. The number of benzene rings is 10. The maximum Gasteiger partial charge on any atom is 0.137 e. The molecule has 10 aromatic carbocycles. The van der Waals surface area contributed by atoms with E-state index < -0.39 is 5.41 Å². The van der Waals surface area contributed by atoms with Gasteiger partial charge in [0.2, 0.25) is 0 Å². The molecule has 2 aromatic heterocycles. The Morgan fingerprint density at radius 3 is 1.63 bits per heavy atom. The van der Waals surface area contributed by atoms with Crippen LogP contribution in [0.25, 0.3) is 77.1 Å². The van der Waals surface area contributed by atoms with Crippen molar-refractivity contribution in [2.24, 2.45) is 0 Å². The van der Waals surface area contributed by atoms with E-state index in [2.05, 4.69) is 235 Å². The molecule has 0 bridgehead atoms. The standard InChI is InChI=1S/C62H40N2O/c1-4-16-44(17-5-1)62(45-18-6-2-7-19-45)56-25-13-10-22-49(56)54-39-55-53(40-57(54)62)50-23-11-14-26-58(50)63-61(55)43-30-28-41(29-31-43)42-32-34-47(35-33-42)64(46-20-8-3-9-21-46)48-36-37-52-51-24-12-15-27-59(51)65-60(52)38-48/h1-40H. The molecule has 0 fully saturated rings. The van der Waals surface area contributed by atoms with E-state index in [1.807, 2.05) is 12.1 Å². The van der Waals surface area contributed by atoms with Gasteiger partial charge in [-0.3, -0.25) is 0 Å². The molecule has 3 heteroatoms. The highest BCUT2D eigenvalue weighted by Crippen LogP contribution is 2.57. The van der Waals surface area contributed by atoms with Crippen molar-refractivity contribution < 1.29 is 4.42 Å². The van der Waals surface area contributed by atoms with Crippen LogP contribution in [0.3, 0.4) is 0 Å². The summed E-state index contributed by atoms with van der Waals surface area (Å²) < 4.78 is 6.32. The summed E-state index contributed by atoms with van der Waals surface area (Å²) in [6.07, 6.45) is 0. The number of anilines is 3. The lowest BCUT2D eigenvalue weighted by Crippen LogP contribution is -2.28. The van der Waals surface area contributed by atoms with E-state index >= 15 is 0 Å². The quantitative estimate of drug-likeness (QED) is 0.150. The lowest BCUT2D eigenvalue weighted by Gasteiger charge is -2.34. The van der Waals surface area contributed by atoms with Crippen LogP contribution < -0.4 is 4.90 Å². The maximum absolute atomic E-state index is 6.32. The minimum absolute atomic E-state index is 0.482. The van der Waals surface area contributed by atoms with Crippen LogP contribution >= 0.6 is 0 Å². The van der Waals surface area contributed by atoms with Crippen molar-refractivity contribution in [1.29, 1.82) is 0 Å². The Morgan fingerprint density at radius 2 is 0.892 bits per heavy atom. The molecule has 1 aliphatic rings. The molecule has 0 radical (unpaired) electrons. The molecule has 13 rings (SSSR count). The number of fused-ring (bicyclic) bond motifs is 9. The summed E-state index contributed by atoms with van der Waals surface area (Å²) in [5, 5.41) is 5.75. The van der Waals surface area contributed by atoms with Gasteiger partial charge in [0.1, 0.15) is 11.2 Å². The van der Waals surface area contributed by atoms with E-state index in [0.29, 0.717) is 0 Å². The largest absolute Gasteiger partial charge is 0.456 e. The number of furan rings is 1. The number of pyridine rings is 1. The molecular weight excluding hydrogens is 789 g/mol. The van der Waals surface area contributed by atoms with Gasteiger partial charge < -0.3 is 9.32 Å². The van der Waals surface area contributed by atoms with Crippen molar-refractivity contribution in [2.45, 2.75) is 5.41 Å². The zero-order valence-electron chi connectivity index (χ0n) is 35.4. The normalized spacial score (nSPS) is 12.7. The fourth-order valence-electron chi connectivity index (χ4n) is 10.6. The lowest BCUT2D eigenvalue weighted by molar-refractivity contribution is 0.669. The van der Waals surface area contributed by atoms with Gasteiger partial charge in [-0.2, -0.15) is 0 Å². The van der Waals surface area contributed by atoms with E-state index in [4.69, 9.17) is 9.40 Å². The third-order valence-corrected chi connectivity index (χ3v) is 13.5. The average molecular weight is 829 g/mol. The van der Waals surface area contributed by atoms with Gasteiger partial charge in [0.25, 0.3) is 0 Å². The molecule has 65 heavy (non-hydrogen) atoms. The van der Waals surface area contributed by atoms with Crippen molar-refractivity contribution in [2.75, 3.05) is 4.90 Å². The summed E-state index contributed by atoms with van der Waals surface area (Å²) in [4.78, 5) is 7.70. The molecule has 2 heterocycles. The smallest absolute Gasteiger partial charge is 0.137 e. The van der Waals surface area contributed by atoms with Crippen LogP contribution in [0.15, 0.2) is 247 Å². The van der Waals surface area contributed by atoms with Gasteiger partial charge in [0, 0.05) is 50.2 Å². The molecule has 0 N–H and O–H groups in total. The van der Waals surface area contributed by atoms with Crippen LogP contribution in [0.5, 0.6) is 0 Å². The minimum atomic E-state index is -0.482. The van der Waals surface area contributed by atoms with Crippen LogP contribution in [0.1, 0.15) is 22.3 Å². The number of nitrogens with zero attached hydrogens (tertiary/aromatic N) is 2. The summed E-state index contributed by atoms with van der Waals surface area (Å²) in [6, 6.07) is 87.5. The SMILES string of the molecule is c1ccc(N(c2ccc(-c3ccc(-c4nc5ccccc5c5cc6c(cc45)-c4ccccc4C6(c4ccccc4)c4ccccc4)cc3)cc2)c2ccc3c(c2)oc2ccccc23)cc1. The first-order valence-corrected chi connectivity index (χ1v) is 22.3. The third kappa shape index (κ3) is 5.79. The first kappa shape index (κ1) is 37.1. The second-order valence-corrected chi connectivity index (χ2v) is 17.0. The summed E-state index contributed by atoms with van der Waals surface area (Å²) in [5.41, 5.74) is 17.4. The van der Waals surface area contributed by atoms with Gasteiger partial charge in [-0.05, 0) is 111 Å². The van der Waals surface area contributed by atoms with Crippen molar-refractivity contribution in [3.63, 3.8) is 0 Å². The Kier molecular flexibility index (Phi) is 8.44. The summed E-state index contributed by atoms with van der Waals surface area (Å²) in [6.45, 7) is 0. The van der Waals surface area contributed by atoms with Crippen molar-refractivity contribution in [1.82, 2.24) is 4.98 Å². The average Bonchev–Trinajstić information content (AvgIpc) is 3.90. The van der Waals surface area contributed by atoms with Gasteiger partial charge >= 0.3 is 0 Å². The minimum Gasteiger partial charge on any atom is -0.456 e. The molecule has 12 aromatic rings. The Morgan fingerprint density at radius 1 is 0.338 bits per heavy atom. The molecule has 0 saturated carbocycles. The van der Waals surface area contributed by atoms with Crippen molar-refractivity contribution in [3.05, 3.63) is 265 Å². The lowest BCUT2D eigenvalue weighted by atomic mass is 9.67. The summed E-state index contributed by atoms with van der Waals surface area (Å²) >= 11 is 0. The molecule has 0 unspecified atom stereocenters. The third-order valence-electron chi connectivity index (χ3n) is 13.5. The van der Waals surface area contributed by atoms with Gasteiger partial charge in [0.15, 0.2) is 0 Å². The van der Waals surface area contributed by atoms with E-state index in [9.17, 15) is 0 Å². The molecule has 304 valence electrons. The van der Waals surface area contributed by atoms with Crippen LogP contribution in [-0.2, 0) is 5.41 Å². The topological polar surface area (TPSA) is 29.3 Å². The van der Waals surface area contributed by atoms with Crippen LogP contribution in [0, 0.1) is 0 Å². The van der Waals surface area contributed by atoms with Gasteiger partial charge in [-0.1, -0.05) is 176 Å². The van der Waals surface area contributed by atoms with E-state index in [1.54, 1.807) is 0 Å². The number of hydrogen-bond donors (Lipinski definition) is 0. The Bertz CT molecular complexity index is 3710. The highest BCUT2D eigenvalue weighted by atomic mass is 16.3. The van der Waals surface area contributed by atoms with E-state index in [1.165, 1.54) is 38.8 Å².